The molecule has 0 aromatic carbocycles. The summed E-state index contributed by atoms with van der Waals surface area (Å²) in [7, 11) is 0. The van der Waals surface area contributed by atoms with Crippen molar-refractivity contribution in [3.8, 4) is 0 Å². The van der Waals surface area contributed by atoms with Gasteiger partial charge < -0.3 is 15.5 Å². The van der Waals surface area contributed by atoms with E-state index in [-0.39, 0.29) is 12.5 Å². The van der Waals surface area contributed by atoms with Crippen LogP contribution in [0.3, 0.4) is 0 Å². The second-order valence-corrected chi connectivity index (χ2v) is 19.3. The van der Waals surface area contributed by atoms with Crippen molar-refractivity contribution in [1.82, 2.24) is 5.32 Å². The molecule has 2 unspecified atom stereocenters. The third-order valence-corrected chi connectivity index (χ3v) is 12.8. The smallest absolute Gasteiger partial charge is 0.220 e. The lowest BCUT2D eigenvalue weighted by Gasteiger charge is -2.22. The predicted molar refractivity (Wildman–Crippen MR) is 303 cm³/mol. The molecule has 0 fully saturated rings. The summed E-state index contributed by atoms with van der Waals surface area (Å²) in [5.74, 6) is -0.0520. The molecule has 0 saturated carbocycles. The monoisotopic (exact) mass is 942 g/mol. The molecule has 4 nitrogen and oxygen atoms in total. The number of hydrogen-bond acceptors (Lipinski definition) is 3. The van der Waals surface area contributed by atoms with Gasteiger partial charge in [0.05, 0.1) is 18.8 Å². The SMILES string of the molecule is CC/C=C\C/C=C\C/C=C\C/C=C\C/C=C\C/C=C\C/C=C\C/C=C\C/C=C\CCCCCCCC(=O)NC(CO)C(O)CCCCCCCCCCCCCCCCCCCCCCCCC. The molecule has 2 atom stereocenters. The van der Waals surface area contributed by atoms with Crippen LogP contribution < -0.4 is 5.32 Å². The largest absolute Gasteiger partial charge is 0.394 e. The van der Waals surface area contributed by atoms with Gasteiger partial charge in [0.1, 0.15) is 0 Å². The van der Waals surface area contributed by atoms with E-state index in [4.69, 9.17) is 0 Å². The van der Waals surface area contributed by atoms with E-state index in [0.29, 0.717) is 12.8 Å². The number of unbranched alkanes of at least 4 members (excludes halogenated alkanes) is 27. The van der Waals surface area contributed by atoms with Gasteiger partial charge in [0.25, 0.3) is 0 Å². The molecule has 0 aliphatic heterocycles. The quantitative estimate of drug-likeness (QED) is 0.0420. The topological polar surface area (TPSA) is 69.6 Å². The van der Waals surface area contributed by atoms with Crippen molar-refractivity contribution < 1.29 is 15.0 Å². The van der Waals surface area contributed by atoms with Crippen LogP contribution in [0.5, 0.6) is 0 Å². The summed E-state index contributed by atoms with van der Waals surface area (Å²) >= 11 is 0. The molecule has 3 N–H and O–H groups in total. The summed E-state index contributed by atoms with van der Waals surface area (Å²) in [4.78, 5) is 12.5. The van der Waals surface area contributed by atoms with Crippen LogP contribution in [0.25, 0.3) is 0 Å². The number of aliphatic hydroxyl groups excluding tert-OH is 2. The number of carbonyl (C=O) groups is 1. The standard InChI is InChI=1S/C64H111NO3/c1-3-5-7-9-11-13-15-17-19-21-23-25-27-28-29-30-31-32-33-34-35-36-38-40-42-44-46-48-50-52-54-56-58-60-64(68)65-62(61-66)63(67)59-57-55-53-51-49-47-45-43-41-39-37-26-24-22-20-18-16-14-12-10-8-6-4-2/h5,7,11,13,17,19,23,25,28-29,31-32,34-35,38,40,44,46,62-63,66-67H,3-4,6,8-10,12,14-16,18,20-22,24,26-27,30,33,36-37,39,41-43,45,47-61H2,1-2H3,(H,65,68)/b7-5-,13-11-,19-17-,25-23-,29-28-,32-31-,35-34-,40-38-,46-44-. The summed E-state index contributed by atoms with van der Waals surface area (Å²) < 4.78 is 0. The first-order valence-corrected chi connectivity index (χ1v) is 29.1. The molecule has 1 amide bonds. The van der Waals surface area contributed by atoms with Gasteiger partial charge in [-0.25, -0.2) is 0 Å². The number of hydrogen-bond donors (Lipinski definition) is 3. The van der Waals surface area contributed by atoms with Crippen LogP contribution in [0.1, 0.15) is 271 Å². The zero-order valence-electron chi connectivity index (χ0n) is 44.8. The predicted octanol–water partition coefficient (Wildman–Crippen LogP) is 19.5. The highest BCUT2D eigenvalue weighted by molar-refractivity contribution is 5.76. The molecule has 0 aromatic rings. The van der Waals surface area contributed by atoms with Crippen molar-refractivity contribution in [3.05, 3.63) is 109 Å². The van der Waals surface area contributed by atoms with E-state index in [1.54, 1.807) is 0 Å². The molecule has 0 aliphatic carbocycles. The number of carbonyl (C=O) groups excluding carboxylic acids is 1. The zero-order valence-corrected chi connectivity index (χ0v) is 44.8. The van der Waals surface area contributed by atoms with E-state index in [1.165, 1.54) is 148 Å². The van der Waals surface area contributed by atoms with Gasteiger partial charge in [0, 0.05) is 6.42 Å². The Morgan fingerprint density at radius 3 is 0.971 bits per heavy atom. The molecule has 0 radical (unpaired) electrons. The van der Waals surface area contributed by atoms with Gasteiger partial charge in [0.2, 0.25) is 5.91 Å². The van der Waals surface area contributed by atoms with Gasteiger partial charge in [0.15, 0.2) is 0 Å². The fourth-order valence-corrected chi connectivity index (χ4v) is 8.41. The van der Waals surface area contributed by atoms with E-state index in [0.717, 1.165) is 96.3 Å². The lowest BCUT2D eigenvalue weighted by atomic mass is 10.0. The van der Waals surface area contributed by atoms with Crippen molar-refractivity contribution in [3.63, 3.8) is 0 Å². The lowest BCUT2D eigenvalue weighted by molar-refractivity contribution is -0.123. The molecule has 0 rings (SSSR count). The van der Waals surface area contributed by atoms with Gasteiger partial charge in [-0.2, -0.15) is 0 Å². The van der Waals surface area contributed by atoms with Crippen molar-refractivity contribution in [2.75, 3.05) is 6.61 Å². The Kier molecular flexibility index (Phi) is 55.8. The maximum atomic E-state index is 12.5. The third-order valence-electron chi connectivity index (χ3n) is 12.8. The molecule has 0 saturated heterocycles. The van der Waals surface area contributed by atoms with Crippen molar-refractivity contribution in [1.29, 1.82) is 0 Å². The van der Waals surface area contributed by atoms with E-state index in [2.05, 4.69) is 129 Å². The van der Waals surface area contributed by atoms with E-state index < -0.39 is 12.1 Å². The lowest BCUT2D eigenvalue weighted by Crippen LogP contribution is -2.45. The molecule has 0 aromatic heterocycles. The molecule has 0 heterocycles. The van der Waals surface area contributed by atoms with Gasteiger partial charge in [-0.3, -0.25) is 4.79 Å². The molecular weight excluding hydrogens is 831 g/mol. The van der Waals surface area contributed by atoms with Gasteiger partial charge >= 0.3 is 0 Å². The summed E-state index contributed by atoms with van der Waals surface area (Å²) in [6, 6.07) is -0.556. The van der Waals surface area contributed by atoms with Crippen LogP contribution in [-0.4, -0.2) is 34.9 Å². The Hall–Kier alpha value is -2.95. The van der Waals surface area contributed by atoms with Gasteiger partial charge in [-0.1, -0.05) is 290 Å². The average molecular weight is 943 g/mol. The number of amides is 1. The Bertz CT molecular complexity index is 1300. The minimum Gasteiger partial charge on any atom is -0.394 e. The number of nitrogens with one attached hydrogen (secondary N) is 1. The molecule has 68 heavy (non-hydrogen) atoms. The highest BCUT2D eigenvalue weighted by atomic mass is 16.3. The van der Waals surface area contributed by atoms with Crippen LogP contribution in [0.4, 0.5) is 0 Å². The fourth-order valence-electron chi connectivity index (χ4n) is 8.41. The van der Waals surface area contributed by atoms with E-state index in [9.17, 15) is 15.0 Å². The van der Waals surface area contributed by atoms with Crippen LogP contribution in [0.15, 0.2) is 109 Å². The fraction of sp³-hybridized carbons (Fsp3) is 0.703. The first kappa shape index (κ1) is 65.0. The van der Waals surface area contributed by atoms with E-state index in [1.807, 2.05) is 0 Å². The second-order valence-electron chi connectivity index (χ2n) is 19.3. The molecule has 0 bridgehead atoms. The van der Waals surface area contributed by atoms with Crippen LogP contribution >= 0.6 is 0 Å². The summed E-state index contributed by atoms with van der Waals surface area (Å²) in [5, 5.41) is 23.3. The normalized spacial score (nSPS) is 13.6. The van der Waals surface area contributed by atoms with Crippen LogP contribution in [0.2, 0.25) is 0 Å². The Labute approximate surface area is 423 Å². The first-order valence-electron chi connectivity index (χ1n) is 29.1. The van der Waals surface area contributed by atoms with Crippen LogP contribution in [0, 0.1) is 0 Å². The van der Waals surface area contributed by atoms with Crippen molar-refractivity contribution in [2.45, 2.75) is 283 Å². The van der Waals surface area contributed by atoms with Gasteiger partial charge in [-0.15, -0.1) is 0 Å². The Morgan fingerprint density at radius 2 is 0.647 bits per heavy atom. The summed E-state index contributed by atoms with van der Waals surface area (Å²) in [6.07, 6.45) is 87.8. The molecule has 390 valence electrons. The second kappa shape index (κ2) is 58.4. The third kappa shape index (κ3) is 54.0. The summed E-state index contributed by atoms with van der Waals surface area (Å²) in [6.45, 7) is 4.25. The van der Waals surface area contributed by atoms with Gasteiger partial charge in [-0.05, 0) is 83.5 Å². The van der Waals surface area contributed by atoms with Crippen molar-refractivity contribution in [2.24, 2.45) is 0 Å². The first-order chi connectivity index (χ1) is 33.7. The highest BCUT2D eigenvalue weighted by Gasteiger charge is 2.20. The number of rotatable bonds is 52. The molecule has 0 aliphatic rings. The number of allylic oxidation sites excluding steroid dienone is 18. The molecule has 0 spiro atoms. The average Bonchev–Trinajstić information content (AvgIpc) is 3.34. The summed E-state index contributed by atoms with van der Waals surface area (Å²) in [5.41, 5.74) is 0. The minimum absolute atomic E-state index is 0.0520. The van der Waals surface area contributed by atoms with Crippen molar-refractivity contribution >= 4 is 5.91 Å². The Balaban J connectivity index is 3.60. The maximum Gasteiger partial charge on any atom is 0.220 e. The number of aliphatic hydroxyl groups is 2. The zero-order chi connectivity index (χ0) is 49.2. The maximum absolute atomic E-state index is 12.5. The highest BCUT2D eigenvalue weighted by Crippen LogP contribution is 2.17. The molecular formula is C64H111NO3. The van der Waals surface area contributed by atoms with E-state index >= 15 is 0 Å². The minimum atomic E-state index is -0.677. The van der Waals surface area contributed by atoms with Crippen LogP contribution in [-0.2, 0) is 4.79 Å². The Morgan fingerprint density at radius 1 is 0.368 bits per heavy atom. The molecule has 4 heteroatoms.